The van der Waals surface area contributed by atoms with Gasteiger partial charge in [-0.3, -0.25) is 0 Å². The van der Waals surface area contributed by atoms with Crippen LogP contribution < -0.4 is 4.90 Å². The van der Waals surface area contributed by atoms with E-state index in [0.29, 0.717) is 0 Å². The fourth-order valence-electron chi connectivity index (χ4n) is 2.03. The molecule has 0 bridgehead atoms. The Morgan fingerprint density at radius 1 is 1.43 bits per heavy atom. The van der Waals surface area contributed by atoms with E-state index in [2.05, 4.69) is 22.0 Å². The van der Waals surface area contributed by atoms with Crippen LogP contribution in [0.25, 0.3) is 0 Å². The van der Waals surface area contributed by atoms with Gasteiger partial charge in [0.25, 0.3) is 0 Å². The molecule has 1 aliphatic rings. The number of hydrogen-bond donors (Lipinski definition) is 0. The van der Waals surface area contributed by atoms with E-state index in [-0.39, 0.29) is 0 Å². The molecule has 1 aromatic rings. The summed E-state index contributed by atoms with van der Waals surface area (Å²) in [5.41, 5.74) is 0. The Morgan fingerprint density at radius 2 is 2.21 bits per heavy atom. The van der Waals surface area contributed by atoms with Gasteiger partial charge in [-0.1, -0.05) is 13.3 Å². The van der Waals surface area contributed by atoms with Crippen LogP contribution in [0.3, 0.4) is 0 Å². The van der Waals surface area contributed by atoms with Crippen molar-refractivity contribution in [3.63, 3.8) is 0 Å². The van der Waals surface area contributed by atoms with Crippen molar-refractivity contribution >= 4 is 5.82 Å². The second kappa shape index (κ2) is 4.40. The van der Waals surface area contributed by atoms with E-state index in [0.717, 1.165) is 24.8 Å². The van der Waals surface area contributed by atoms with Gasteiger partial charge in [-0.05, 0) is 30.9 Å². The molecule has 2 heterocycles. The van der Waals surface area contributed by atoms with E-state index in [1.807, 2.05) is 12.1 Å². The Hall–Kier alpha value is -1.12. The van der Waals surface area contributed by atoms with E-state index >= 15 is 0 Å². The average Bonchev–Trinajstić information content (AvgIpc) is 2.30. The molecule has 1 aromatic heterocycles. The summed E-state index contributed by atoms with van der Waals surface area (Å²) >= 11 is 0. The minimum atomic E-state index is 0.919. The molecule has 3 heteroatoms. The van der Waals surface area contributed by atoms with Gasteiger partial charge in [-0.2, -0.15) is 5.10 Å². The maximum absolute atomic E-state index is 4.13. The Bertz CT molecular complexity index is 265. The van der Waals surface area contributed by atoms with E-state index in [1.54, 1.807) is 6.20 Å². The van der Waals surface area contributed by atoms with Crippen molar-refractivity contribution in [1.29, 1.82) is 0 Å². The highest BCUT2D eigenvalue weighted by Crippen LogP contribution is 2.22. The average molecular weight is 191 g/mol. The zero-order valence-corrected chi connectivity index (χ0v) is 8.69. The first kappa shape index (κ1) is 9.44. The number of rotatable bonds is 2. The van der Waals surface area contributed by atoms with Crippen molar-refractivity contribution in [1.82, 2.24) is 10.2 Å². The SMILES string of the molecule is CCC1CCN(c2cccnn2)CC1. The van der Waals surface area contributed by atoms with Crippen molar-refractivity contribution in [2.75, 3.05) is 18.0 Å². The third-order valence-electron chi connectivity index (χ3n) is 3.07. The largest absolute Gasteiger partial charge is 0.355 e. The fourth-order valence-corrected chi connectivity index (χ4v) is 2.03. The van der Waals surface area contributed by atoms with Crippen LogP contribution in [-0.4, -0.2) is 23.3 Å². The number of nitrogens with zero attached hydrogens (tertiary/aromatic N) is 3. The van der Waals surface area contributed by atoms with E-state index < -0.39 is 0 Å². The molecule has 0 saturated carbocycles. The monoisotopic (exact) mass is 191 g/mol. The van der Waals surface area contributed by atoms with Crippen LogP contribution in [0.2, 0.25) is 0 Å². The first-order valence-electron chi connectivity index (χ1n) is 5.43. The van der Waals surface area contributed by atoms with Gasteiger partial charge in [-0.25, -0.2) is 0 Å². The minimum absolute atomic E-state index is 0.919. The first-order chi connectivity index (χ1) is 6.90. The lowest BCUT2D eigenvalue weighted by molar-refractivity contribution is 0.393. The van der Waals surface area contributed by atoms with Crippen LogP contribution in [0.4, 0.5) is 5.82 Å². The van der Waals surface area contributed by atoms with E-state index in [9.17, 15) is 0 Å². The summed E-state index contributed by atoms with van der Waals surface area (Å²) in [6.07, 6.45) is 5.64. The maximum atomic E-state index is 4.13. The molecule has 0 aromatic carbocycles. The second-order valence-electron chi connectivity index (χ2n) is 3.92. The Morgan fingerprint density at radius 3 is 2.79 bits per heavy atom. The first-order valence-corrected chi connectivity index (χ1v) is 5.43. The number of hydrogen-bond acceptors (Lipinski definition) is 3. The summed E-state index contributed by atoms with van der Waals surface area (Å²) < 4.78 is 0. The van der Waals surface area contributed by atoms with E-state index in [1.165, 1.54) is 19.3 Å². The molecule has 1 fully saturated rings. The van der Waals surface area contributed by atoms with Crippen LogP contribution in [0.5, 0.6) is 0 Å². The van der Waals surface area contributed by atoms with Crippen molar-refractivity contribution < 1.29 is 0 Å². The fraction of sp³-hybridized carbons (Fsp3) is 0.636. The summed E-state index contributed by atoms with van der Waals surface area (Å²) in [7, 11) is 0. The maximum Gasteiger partial charge on any atom is 0.151 e. The quantitative estimate of drug-likeness (QED) is 0.717. The second-order valence-corrected chi connectivity index (χ2v) is 3.92. The molecule has 0 unspecified atom stereocenters. The summed E-state index contributed by atoms with van der Waals surface area (Å²) in [4.78, 5) is 2.33. The smallest absolute Gasteiger partial charge is 0.151 e. The topological polar surface area (TPSA) is 29.0 Å². The Balaban J connectivity index is 1.96. The third kappa shape index (κ3) is 2.03. The lowest BCUT2D eigenvalue weighted by Gasteiger charge is -2.31. The molecule has 3 nitrogen and oxygen atoms in total. The van der Waals surface area contributed by atoms with Crippen molar-refractivity contribution in [3.8, 4) is 0 Å². The van der Waals surface area contributed by atoms with Crippen LogP contribution in [-0.2, 0) is 0 Å². The minimum Gasteiger partial charge on any atom is -0.355 e. The van der Waals surface area contributed by atoms with Crippen molar-refractivity contribution in [2.45, 2.75) is 26.2 Å². The molecular weight excluding hydrogens is 174 g/mol. The molecule has 76 valence electrons. The summed E-state index contributed by atoms with van der Waals surface area (Å²) in [5.74, 6) is 1.95. The Labute approximate surface area is 85.1 Å². The van der Waals surface area contributed by atoms with Gasteiger partial charge < -0.3 is 4.90 Å². The number of piperidine rings is 1. The number of aromatic nitrogens is 2. The number of anilines is 1. The van der Waals surface area contributed by atoms with Gasteiger partial charge in [0, 0.05) is 19.3 Å². The molecule has 0 radical (unpaired) electrons. The van der Waals surface area contributed by atoms with Crippen molar-refractivity contribution in [3.05, 3.63) is 18.3 Å². The molecule has 1 aliphatic heterocycles. The zero-order chi connectivity index (χ0) is 9.80. The predicted molar refractivity (Wildman–Crippen MR) is 57.3 cm³/mol. The van der Waals surface area contributed by atoms with Gasteiger partial charge >= 0.3 is 0 Å². The van der Waals surface area contributed by atoms with Crippen LogP contribution >= 0.6 is 0 Å². The van der Waals surface area contributed by atoms with Gasteiger partial charge in [0.15, 0.2) is 5.82 Å². The molecular formula is C11H17N3. The highest BCUT2D eigenvalue weighted by molar-refractivity contribution is 5.36. The molecule has 0 aliphatic carbocycles. The molecule has 14 heavy (non-hydrogen) atoms. The zero-order valence-electron chi connectivity index (χ0n) is 8.69. The summed E-state index contributed by atoms with van der Waals surface area (Å²) in [6, 6.07) is 3.99. The lowest BCUT2D eigenvalue weighted by atomic mass is 9.94. The summed E-state index contributed by atoms with van der Waals surface area (Å²) in [6.45, 7) is 4.55. The lowest BCUT2D eigenvalue weighted by Crippen LogP contribution is -2.34. The molecule has 0 atom stereocenters. The molecule has 1 saturated heterocycles. The highest BCUT2D eigenvalue weighted by atomic mass is 15.3. The van der Waals surface area contributed by atoms with Gasteiger partial charge in [0.2, 0.25) is 0 Å². The normalized spacial score (nSPS) is 18.5. The van der Waals surface area contributed by atoms with Crippen LogP contribution in [0, 0.1) is 5.92 Å². The van der Waals surface area contributed by atoms with Crippen molar-refractivity contribution in [2.24, 2.45) is 5.92 Å². The standard InChI is InChI=1S/C11H17N3/c1-2-10-5-8-14(9-6-10)11-4-3-7-12-13-11/h3-4,7,10H,2,5-6,8-9H2,1H3. The van der Waals surface area contributed by atoms with Crippen LogP contribution in [0.15, 0.2) is 18.3 Å². The molecule has 0 spiro atoms. The van der Waals surface area contributed by atoms with Gasteiger partial charge in [0.05, 0.1) is 0 Å². The van der Waals surface area contributed by atoms with Crippen LogP contribution in [0.1, 0.15) is 26.2 Å². The molecule has 2 rings (SSSR count). The molecule has 0 amide bonds. The van der Waals surface area contributed by atoms with Gasteiger partial charge in [-0.15, -0.1) is 5.10 Å². The Kier molecular flexibility index (Phi) is 2.96. The predicted octanol–water partition coefficient (Wildman–Crippen LogP) is 2.10. The van der Waals surface area contributed by atoms with Gasteiger partial charge in [0.1, 0.15) is 0 Å². The summed E-state index contributed by atoms with van der Waals surface area (Å²) in [5, 5.41) is 8.04. The highest BCUT2D eigenvalue weighted by Gasteiger charge is 2.18. The third-order valence-corrected chi connectivity index (χ3v) is 3.07. The van der Waals surface area contributed by atoms with E-state index in [4.69, 9.17) is 0 Å². The molecule has 0 N–H and O–H groups in total.